The van der Waals surface area contributed by atoms with Gasteiger partial charge in [0.1, 0.15) is 4.91 Å². The van der Waals surface area contributed by atoms with Crippen molar-refractivity contribution in [2.24, 2.45) is 0 Å². The summed E-state index contributed by atoms with van der Waals surface area (Å²) in [5.41, 5.74) is 2.25. The van der Waals surface area contributed by atoms with E-state index in [9.17, 15) is 4.79 Å². The Bertz CT molecular complexity index is 528. The lowest BCUT2D eigenvalue weighted by atomic mass is 10.2. The summed E-state index contributed by atoms with van der Waals surface area (Å²) < 4.78 is 2.94. The monoisotopic (exact) mass is 278 g/mol. The van der Waals surface area contributed by atoms with Crippen molar-refractivity contribution in [1.82, 2.24) is 0 Å². The quantitative estimate of drug-likeness (QED) is 0.610. The maximum atomic E-state index is 12.3. The molecule has 1 aliphatic heterocycles. The minimum absolute atomic E-state index is 0.133. The van der Waals surface area contributed by atoms with Gasteiger partial charge in [0.15, 0.2) is 6.54 Å². The highest BCUT2D eigenvalue weighted by Crippen LogP contribution is 2.33. The highest BCUT2D eigenvalue weighted by atomic mass is 32.2. The normalized spacial score (nSPS) is 15.5. The molecule has 0 N–H and O–H groups in total. The zero-order valence-corrected chi connectivity index (χ0v) is 12.4. The Morgan fingerprint density at radius 3 is 2.50 bits per heavy atom. The number of carbonyl (C=O) groups is 1. The van der Waals surface area contributed by atoms with Crippen LogP contribution >= 0.6 is 23.5 Å². The van der Waals surface area contributed by atoms with Crippen LogP contribution in [0, 0.1) is 0 Å². The van der Waals surface area contributed by atoms with Crippen LogP contribution < -0.4 is 0 Å². The van der Waals surface area contributed by atoms with E-state index in [1.54, 1.807) is 23.5 Å². The van der Waals surface area contributed by atoms with E-state index in [-0.39, 0.29) is 5.91 Å². The average molecular weight is 278 g/mol. The fourth-order valence-corrected chi connectivity index (χ4v) is 3.55. The van der Waals surface area contributed by atoms with Crippen LogP contribution in [-0.4, -0.2) is 21.1 Å². The predicted octanol–water partition coefficient (Wildman–Crippen LogP) is 3.49. The molecule has 0 saturated heterocycles. The first-order valence-corrected chi connectivity index (χ1v) is 7.79. The second kappa shape index (κ2) is 5.76. The first-order chi connectivity index (χ1) is 8.63. The highest BCUT2D eigenvalue weighted by Gasteiger charge is 2.38. The Balaban J connectivity index is 2.31. The molecule has 1 aromatic carbocycles. The van der Waals surface area contributed by atoms with E-state index in [0.717, 1.165) is 20.4 Å². The number of thioether (sulfide) groups is 2. The predicted molar refractivity (Wildman–Crippen MR) is 79.9 cm³/mol. The van der Waals surface area contributed by atoms with Crippen LogP contribution in [0.1, 0.15) is 19.4 Å². The maximum Gasteiger partial charge on any atom is 0.427 e. The van der Waals surface area contributed by atoms with Gasteiger partial charge in [-0.3, -0.25) is 0 Å². The lowest BCUT2D eigenvalue weighted by Gasteiger charge is -1.98. The maximum absolute atomic E-state index is 12.3. The smallest absolute Gasteiger partial charge is 0.214 e. The van der Waals surface area contributed by atoms with Crippen LogP contribution in [0.2, 0.25) is 0 Å². The number of benzene rings is 1. The number of allylic oxidation sites excluding steroid dienone is 1. The zero-order valence-electron chi connectivity index (χ0n) is 10.8. The summed E-state index contributed by atoms with van der Waals surface area (Å²) >= 11 is 3.23. The molecule has 4 heteroatoms. The highest BCUT2D eigenvalue weighted by molar-refractivity contribution is 8.40. The van der Waals surface area contributed by atoms with Crippen LogP contribution in [0.5, 0.6) is 0 Å². The van der Waals surface area contributed by atoms with Crippen molar-refractivity contribution in [1.29, 1.82) is 0 Å². The van der Waals surface area contributed by atoms with Crippen molar-refractivity contribution in [3.05, 3.63) is 46.4 Å². The molecular formula is C14H16NOS2+. The Morgan fingerprint density at radius 1 is 1.28 bits per heavy atom. The molecule has 0 radical (unpaired) electrons. The fourth-order valence-electron chi connectivity index (χ4n) is 1.76. The van der Waals surface area contributed by atoms with Gasteiger partial charge in [0, 0.05) is 5.56 Å². The van der Waals surface area contributed by atoms with Gasteiger partial charge in [0.05, 0.1) is 0 Å². The Kier molecular flexibility index (Phi) is 4.30. The molecule has 0 spiro atoms. The molecule has 1 aromatic rings. The molecule has 0 fully saturated rings. The van der Waals surface area contributed by atoms with Gasteiger partial charge in [0.2, 0.25) is 0 Å². The Labute approximate surface area is 116 Å². The van der Waals surface area contributed by atoms with Crippen molar-refractivity contribution >= 4 is 33.8 Å². The number of rotatable bonds is 2. The van der Waals surface area contributed by atoms with Crippen LogP contribution in [0.25, 0.3) is 0 Å². The van der Waals surface area contributed by atoms with Crippen molar-refractivity contribution in [2.75, 3.05) is 6.26 Å². The van der Waals surface area contributed by atoms with Gasteiger partial charge in [-0.1, -0.05) is 47.7 Å². The van der Waals surface area contributed by atoms with E-state index in [2.05, 4.69) is 12.1 Å². The second-order valence-corrected chi connectivity index (χ2v) is 6.33. The fraction of sp³-hybridized carbons (Fsp3) is 0.286. The molecule has 0 unspecified atom stereocenters. The third-order valence-electron chi connectivity index (χ3n) is 2.66. The third kappa shape index (κ3) is 2.70. The summed E-state index contributed by atoms with van der Waals surface area (Å²) in [6, 6.07) is 10.1. The Hall–Kier alpha value is -1.00. The molecule has 18 heavy (non-hydrogen) atoms. The molecule has 0 aliphatic carbocycles. The van der Waals surface area contributed by atoms with Crippen molar-refractivity contribution in [3.63, 3.8) is 0 Å². The standard InChI is InChI=1S/C14H16NOS2/c1-10(2)12-13(16)15(14(17-3)18-12)9-11-7-5-4-6-8-11/h4-8H,9H2,1-3H3/q+1. The second-order valence-electron chi connectivity index (χ2n) is 4.28. The summed E-state index contributed by atoms with van der Waals surface area (Å²) in [5.74, 6) is 0.133. The molecule has 0 aromatic heterocycles. The summed E-state index contributed by atoms with van der Waals surface area (Å²) in [5, 5.41) is 0. The Morgan fingerprint density at radius 2 is 1.94 bits per heavy atom. The number of hydrogen-bond donors (Lipinski definition) is 0. The molecule has 2 rings (SSSR count). The first kappa shape index (κ1) is 13.4. The van der Waals surface area contributed by atoms with E-state index in [1.807, 2.05) is 42.9 Å². The van der Waals surface area contributed by atoms with Crippen LogP contribution in [0.15, 0.2) is 40.8 Å². The third-order valence-corrected chi connectivity index (χ3v) is 5.16. The van der Waals surface area contributed by atoms with E-state index < -0.39 is 0 Å². The van der Waals surface area contributed by atoms with Gasteiger partial charge >= 0.3 is 5.91 Å². The van der Waals surface area contributed by atoms with Gasteiger partial charge < -0.3 is 0 Å². The average Bonchev–Trinajstić information content (AvgIpc) is 2.68. The molecule has 94 valence electrons. The molecule has 0 saturated carbocycles. The number of nitrogens with zero attached hydrogens (tertiary/aromatic N) is 1. The van der Waals surface area contributed by atoms with E-state index >= 15 is 0 Å². The lowest BCUT2D eigenvalue weighted by Crippen LogP contribution is -2.19. The van der Waals surface area contributed by atoms with Gasteiger partial charge in [-0.15, -0.1) is 4.58 Å². The van der Waals surface area contributed by atoms with E-state index in [0.29, 0.717) is 6.54 Å². The molecule has 1 heterocycles. The van der Waals surface area contributed by atoms with E-state index in [1.165, 1.54) is 0 Å². The molecule has 1 amide bonds. The first-order valence-electron chi connectivity index (χ1n) is 5.75. The van der Waals surface area contributed by atoms with Crippen molar-refractivity contribution in [3.8, 4) is 0 Å². The van der Waals surface area contributed by atoms with Gasteiger partial charge in [0.25, 0.3) is 4.38 Å². The van der Waals surface area contributed by atoms with Gasteiger partial charge in [-0.25, -0.2) is 4.79 Å². The van der Waals surface area contributed by atoms with Gasteiger partial charge in [-0.05, 0) is 31.9 Å². The lowest BCUT2D eigenvalue weighted by molar-refractivity contribution is -0.453. The summed E-state index contributed by atoms with van der Waals surface area (Å²) in [7, 11) is 0. The van der Waals surface area contributed by atoms with E-state index in [4.69, 9.17) is 0 Å². The van der Waals surface area contributed by atoms with Crippen LogP contribution in [-0.2, 0) is 11.3 Å². The summed E-state index contributed by atoms with van der Waals surface area (Å²) in [4.78, 5) is 13.2. The molecular weight excluding hydrogens is 262 g/mol. The minimum Gasteiger partial charge on any atom is -0.214 e. The summed E-state index contributed by atoms with van der Waals surface area (Å²) in [6.07, 6.45) is 2.02. The molecule has 0 bridgehead atoms. The SMILES string of the molecule is CSC1=[N+](Cc2ccccc2)C(=O)C(=C(C)C)S1. The van der Waals surface area contributed by atoms with Crippen LogP contribution in [0.4, 0.5) is 0 Å². The molecule has 0 atom stereocenters. The topological polar surface area (TPSA) is 20.1 Å². The van der Waals surface area contributed by atoms with Crippen LogP contribution in [0.3, 0.4) is 0 Å². The molecule has 1 aliphatic rings. The largest absolute Gasteiger partial charge is 0.427 e. The van der Waals surface area contributed by atoms with Crippen molar-refractivity contribution < 1.29 is 9.37 Å². The van der Waals surface area contributed by atoms with Crippen molar-refractivity contribution in [2.45, 2.75) is 20.4 Å². The number of hydrogen-bond acceptors (Lipinski definition) is 3. The number of carbonyl (C=O) groups excluding carboxylic acids is 1. The zero-order chi connectivity index (χ0) is 13.1. The number of amides is 1. The molecule has 2 nitrogen and oxygen atoms in total. The van der Waals surface area contributed by atoms with Gasteiger partial charge in [-0.2, -0.15) is 0 Å². The summed E-state index contributed by atoms with van der Waals surface area (Å²) in [6.45, 7) is 4.63. The minimum atomic E-state index is 0.133.